The predicted octanol–water partition coefficient (Wildman–Crippen LogP) is 3.02. The summed E-state index contributed by atoms with van der Waals surface area (Å²) >= 11 is 16.8. The predicted molar refractivity (Wildman–Crippen MR) is 104 cm³/mol. The fourth-order valence-corrected chi connectivity index (χ4v) is 2.35. The molecule has 2 aromatic carbocycles. The third kappa shape index (κ3) is 5.87. The largest absolute Gasteiger partial charge is 0.484 e. The number of ether oxygens (including phenoxy) is 1. The first-order valence-electron chi connectivity index (χ1n) is 7.40. The van der Waals surface area contributed by atoms with Gasteiger partial charge in [0.15, 0.2) is 11.7 Å². The van der Waals surface area contributed by atoms with E-state index >= 15 is 0 Å². The Balaban J connectivity index is 1.76. The van der Waals surface area contributed by atoms with Crippen LogP contribution in [0.25, 0.3) is 0 Å². The summed E-state index contributed by atoms with van der Waals surface area (Å²) in [5.74, 6) is -0.459. The van der Waals surface area contributed by atoms with Crippen LogP contribution in [0.15, 0.2) is 42.5 Å². The van der Waals surface area contributed by atoms with Gasteiger partial charge >= 0.3 is 0 Å². The normalized spacial score (nSPS) is 9.96. The van der Waals surface area contributed by atoms with Crippen LogP contribution in [-0.4, -0.2) is 23.5 Å². The van der Waals surface area contributed by atoms with Crippen LogP contribution < -0.4 is 20.9 Å². The molecule has 3 N–H and O–H groups in total. The number of thiocarbonyl (C=S) groups is 1. The van der Waals surface area contributed by atoms with Crippen LogP contribution in [0.4, 0.5) is 0 Å². The van der Waals surface area contributed by atoms with Gasteiger partial charge in [-0.05, 0) is 55.0 Å². The Morgan fingerprint density at radius 3 is 2.50 bits per heavy atom. The van der Waals surface area contributed by atoms with Gasteiger partial charge in [0, 0.05) is 5.02 Å². The summed E-state index contributed by atoms with van der Waals surface area (Å²) in [5.41, 5.74) is 5.84. The van der Waals surface area contributed by atoms with E-state index < -0.39 is 11.8 Å². The van der Waals surface area contributed by atoms with Crippen molar-refractivity contribution in [3.05, 3.63) is 63.6 Å². The molecule has 0 spiro atoms. The number of halogens is 2. The molecule has 0 aliphatic heterocycles. The molecule has 0 atom stereocenters. The van der Waals surface area contributed by atoms with E-state index in [4.69, 9.17) is 40.2 Å². The summed E-state index contributed by atoms with van der Waals surface area (Å²) in [7, 11) is 0. The van der Waals surface area contributed by atoms with Crippen molar-refractivity contribution in [2.24, 2.45) is 0 Å². The van der Waals surface area contributed by atoms with Gasteiger partial charge in [-0.3, -0.25) is 25.8 Å². The summed E-state index contributed by atoms with van der Waals surface area (Å²) < 4.78 is 5.34. The van der Waals surface area contributed by atoms with Gasteiger partial charge in [-0.1, -0.05) is 35.3 Å². The van der Waals surface area contributed by atoms with Gasteiger partial charge in [0.1, 0.15) is 5.75 Å². The minimum atomic E-state index is -0.491. The summed E-state index contributed by atoms with van der Waals surface area (Å²) in [5, 5.41) is 3.24. The van der Waals surface area contributed by atoms with E-state index in [1.807, 2.05) is 6.92 Å². The molecule has 0 radical (unpaired) electrons. The third-order valence-corrected chi connectivity index (χ3v) is 4.12. The standard InChI is InChI=1S/C17H15Cl2N3O3S/c1-10-8-11(6-7-13(10)18)25-9-15(23)21-22-17(26)20-16(24)12-4-2-3-5-14(12)19/h2-8H,9H2,1H3,(H,21,23)(H2,20,22,24,26). The molecule has 0 bridgehead atoms. The van der Waals surface area contributed by atoms with Crippen molar-refractivity contribution in [1.29, 1.82) is 0 Å². The lowest BCUT2D eigenvalue weighted by molar-refractivity contribution is -0.123. The van der Waals surface area contributed by atoms with Crippen molar-refractivity contribution >= 4 is 52.3 Å². The fraction of sp³-hybridized carbons (Fsp3) is 0.118. The zero-order valence-electron chi connectivity index (χ0n) is 13.6. The second-order valence-corrected chi connectivity index (χ2v) is 6.36. The zero-order chi connectivity index (χ0) is 19.1. The highest BCUT2D eigenvalue weighted by atomic mass is 35.5. The second kappa shape index (κ2) is 9.38. The van der Waals surface area contributed by atoms with Crippen molar-refractivity contribution in [1.82, 2.24) is 16.2 Å². The zero-order valence-corrected chi connectivity index (χ0v) is 16.0. The molecule has 2 amide bonds. The van der Waals surface area contributed by atoms with Gasteiger partial charge < -0.3 is 4.74 Å². The second-order valence-electron chi connectivity index (χ2n) is 5.14. The number of amides is 2. The first kappa shape index (κ1) is 20.0. The number of rotatable bonds is 4. The Hall–Kier alpha value is -2.35. The molecule has 0 saturated carbocycles. The maximum Gasteiger partial charge on any atom is 0.276 e. The van der Waals surface area contributed by atoms with Gasteiger partial charge in [0.25, 0.3) is 11.8 Å². The van der Waals surface area contributed by atoms with Crippen LogP contribution >= 0.6 is 35.4 Å². The Morgan fingerprint density at radius 1 is 1.08 bits per heavy atom. The Labute approximate surface area is 165 Å². The highest BCUT2D eigenvalue weighted by Crippen LogP contribution is 2.20. The molecule has 0 heterocycles. The van der Waals surface area contributed by atoms with Crippen LogP contribution in [0.2, 0.25) is 10.0 Å². The van der Waals surface area contributed by atoms with E-state index in [0.717, 1.165) is 5.56 Å². The van der Waals surface area contributed by atoms with E-state index in [1.165, 1.54) is 0 Å². The molecule has 2 rings (SSSR count). The quantitative estimate of drug-likeness (QED) is 0.532. The van der Waals surface area contributed by atoms with Crippen molar-refractivity contribution < 1.29 is 14.3 Å². The highest BCUT2D eigenvalue weighted by molar-refractivity contribution is 7.80. The lowest BCUT2D eigenvalue weighted by Crippen LogP contribution is -2.49. The van der Waals surface area contributed by atoms with Gasteiger partial charge in [0.05, 0.1) is 10.6 Å². The molecule has 0 aromatic heterocycles. The molecule has 0 aliphatic carbocycles. The maximum absolute atomic E-state index is 12.0. The molecular weight excluding hydrogens is 397 g/mol. The van der Waals surface area contributed by atoms with Gasteiger partial charge in [-0.25, -0.2) is 0 Å². The summed E-state index contributed by atoms with van der Waals surface area (Å²) in [6.45, 7) is 1.59. The first-order valence-corrected chi connectivity index (χ1v) is 8.57. The van der Waals surface area contributed by atoms with Crippen molar-refractivity contribution in [2.45, 2.75) is 6.92 Å². The summed E-state index contributed by atoms with van der Waals surface area (Å²) in [4.78, 5) is 23.8. The molecule has 136 valence electrons. The van der Waals surface area contributed by atoms with Crippen molar-refractivity contribution in [3.8, 4) is 5.75 Å². The highest BCUT2D eigenvalue weighted by Gasteiger charge is 2.11. The van der Waals surface area contributed by atoms with Crippen LogP contribution in [0, 0.1) is 6.92 Å². The minimum absolute atomic E-state index is 0.0781. The number of hydrogen-bond donors (Lipinski definition) is 3. The lowest BCUT2D eigenvalue weighted by Gasteiger charge is -2.12. The van der Waals surface area contributed by atoms with Crippen LogP contribution in [0.3, 0.4) is 0 Å². The Bertz CT molecular complexity index is 846. The minimum Gasteiger partial charge on any atom is -0.484 e. The maximum atomic E-state index is 12.0. The SMILES string of the molecule is Cc1cc(OCC(=O)NNC(=S)NC(=O)c2ccccc2Cl)ccc1Cl. The smallest absolute Gasteiger partial charge is 0.276 e. The van der Waals surface area contributed by atoms with Crippen LogP contribution in [-0.2, 0) is 4.79 Å². The average Bonchev–Trinajstić information content (AvgIpc) is 2.61. The van der Waals surface area contributed by atoms with Crippen molar-refractivity contribution in [3.63, 3.8) is 0 Å². The van der Waals surface area contributed by atoms with E-state index in [0.29, 0.717) is 15.8 Å². The van der Waals surface area contributed by atoms with Gasteiger partial charge in [0.2, 0.25) is 0 Å². The number of aryl methyl sites for hydroxylation is 1. The fourth-order valence-electron chi connectivity index (χ4n) is 1.87. The Kier molecular flexibility index (Phi) is 7.20. The van der Waals surface area contributed by atoms with Crippen LogP contribution in [0.1, 0.15) is 15.9 Å². The number of hydrogen-bond acceptors (Lipinski definition) is 4. The monoisotopic (exact) mass is 411 g/mol. The number of benzene rings is 2. The lowest BCUT2D eigenvalue weighted by atomic mass is 10.2. The molecule has 0 aliphatic rings. The Morgan fingerprint density at radius 2 is 1.81 bits per heavy atom. The molecule has 0 fully saturated rings. The van der Waals surface area contributed by atoms with E-state index in [-0.39, 0.29) is 17.3 Å². The van der Waals surface area contributed by atoms with Gasteiger partial charge in [-0.2, -0.15) is 0 Å². The van der Waals surface area contributed by atoms with Crippen molar-refractivity contribution in [2.75, 3.05) is 6.61 Å². The molecule has 0 unspecified atom stereocenters. The molecule has 26 heavy (non-hydrogen) atoms. The molecule has 2 aromatic rings. The number of carbonyl (C=O) groups excluding carboxylic acids is 2. The van der Waals surface area contributed by atoms with Crippen LogP contribution in [0.5, 0.6) is 5.75 Å². The summed E-state index contributed by atoms with van der Waals surface area (Å²) in [6, 6.07) is 11.6. The van der Waals surface area contributed by atoms with E-state index in [1.54, 1.807) is 42.5 Å². The number of carbonyl (C=O) groups is 2. The molecule has 6 nitrogen and oxygen atoms in total. The average molecular weight is 412 g/mol. The topological polar surface area (TPSA) is 79.5 Å². The number of nitrogens with one attached hydrogen (secondary N) is 3. The molecule has 9 heteroatoms. The number of hydrazine groups is 1. The van der Waals surface area contributed by atoms with E-state index in [2.05, 4.69) is 16.2 Å². The summed E-state index contributed by atoms with van der Waals surface area (Å²) in [6.07, 6.45) is 0. The first-order chi connectivity index (χ1) is 12.4. The molecule has 0 saturated heterocycles. The molecular formula is C17H15Cl2N3O3S. The van der Waals surface area contributed by atoms with Gasteiger partial charge in [-0.15, -0.1) is 0 Å². The third-order valence-electron chi connectivity index (χ3n) is 3.16. The van der Waals surface area contributed by atoms with E-state index in [9.17, 15) is 9.59 Å².